The molecule has 4 aromatic rings. The third kappa shape index (κ3) is 5.50. The average molecular weight is 462 g/mol. The maximum atomic E-state index is 5.05. The van der Waals surface area contributed by atoms with Crippen LogP contribution < -0.4 is 0 Å². The molecular formula is C34H39N. The molecule has 5 rings (SSSR count). The van der Waals surface area contributed by atoms with E-state index in [2.05, 4.69) is 79.7 Å². The van der Waals surface area contributed by atoms with E-state index >= 15 is 0 Å². The number of pyridine rings is 1. The first-order valence-electron chi connectivity index (χ1n) is 14.0. The number of nitrogens with zero attached hydrogens (tertiary/aromatic N) is 1. The van der Waals surface area contributed by atoms with Crippen LogP contribution in [0.25, 0.3) is 44.4 Å². The number of fused-ring (bicyclic) bond motifs is 3. The molecular weight excluding hydrogens is 422 g/mol. The first-order valence-corrected chi connectivity index (χ1v) is 14.0. The van der Waals surface area contributed by atoms with Gasteiger partial charge in [-0.15, -0.1) is 0 Å². The van der Waals surface area contributed by atoms with Crippen molar-refractivity contribution in [2.45, 2.75) is 84.0 Å². The van der Waals surface area contributed by atoms with Gasteiger partial charge < -0.3 is 0 Å². The Kier molecular flexibility index (Phi) is 7.93. The predicted molar refractivity (Wildman–Crippen MR) is 152 cm³/mol. The van der Waals surface area contributed by atoms with Gasteiger partial charge in [-0.25, -0.2) is 4.98 Å². The van der Waals surface area contributed by atoms with E-state index in [1.54, 1.807) is 0 Å². The van der Waals surface area contributed by atoms with Gasteiger partial charge >= 0.3 is 0 Å². The van der Waals surface area contributed by atoms with Gasteiger partial charge in [0.1, 0.15) is 0 Å². The number of aromatic nitrogens is 1. The molecule has 35 heavy (non-hydrogen) atoms. The molecule has 0 fully saturated rings. The number of benzene rings is 3. The summed E-state index contributed by atoms with van der Waals surface area (Å²) < 4.78 is 0. The van der Waals surface area contributed by atoms with Crippen LogP contribution in [-0.2, 0) is 6.42 Å². The van der Waals surface area contributed by atoms with Crippen molar-refractivity contribution in [3.05, 3.63) is 78.4 Å². The first-order chi connectivity index (χ1) is 17.3. The minimum Gasteiger partial charge on any atom is -0.248 e. The zero-order valence-corrected chi connectivity index (χ0v) is 21.4. The van der Waals surface area contributed by atoms with E-state index in [9.17, 15) is 0 Å². The lowest BCUT2D eigenvalue weighted by atomic mass is 10.00. The van der Waals surface area contributed by atoms with Gasteiger partial charge in [0, 0.05) is 10.9 Å². The predicted octanol–water partition coefficient (Wildman–Crippen LogP) is 10.4. The fourth-order valence-corrected chi connectivity index (χ4v) is 5.66. The van der Waals surface area contributed by atoms with Crippen molar-refractivity contribution in [2.75, 3.05) is 0 Å². The molecule has 0 bridgehead atoms. The highest BCUT2D eigenvalue weighted by molar-refractivity contribution is 6.14. The molecule has 1 heterocycles. The fourth-order valence-electron chi connectivity index (χ4n) is 5.66. The van der Waals surface area contributed by atoms with Gasteiger partial charge in [-0.3, -0.25) is 0 Å². The van der Waals surface area contributed by atoms with Crippen LogP contribution in [0.2, 0.25) is 0 Å². The smallest absolute Gasteiger partial charge is 0.0722 e. The number of hydrogen-bond acceptors (Lipinski definition) is 1. The van der Waals surface area contributed by atoms with E-state index in [0.717, 1.165) is 11.2 Å². The van der Waals surface area contributed by atoms with E-state index in [-0.39, 0.29) is 0 Å². The molecule has 0 saturated carbocycles. The summed E-state index contributed by atoms with van der Waals surface area (Å²) in [6, 6.07) is 26.7. The van der Waals surface area contributed by atoms with Crippen LogP contribution in [0.3, 0.4) is 0 Å². The van der Waals surface area contributed by atoms with Gasteiger partial charge in [0.2, 0.25) is 0 Å². The second kappa shape index (κ2) is 11.7. The van der Waals surface area contributed by atoms with Gasteiger partial charge in [-0.05, 0) is 52.8 Å². The maximum absolute atomic E-state index is 5.05. The Morgan fingerprint density at radius 3 is 1.83 bits per heavy atom. The number of unbranched alkanes of at least 4 members (excludes halogenated alkanes) is 10. The Balaban J connectivity index is 1.14. The van der Waals surface area contributed by atoms with Crippen LogP contribution >= 0.6 is 0 Å². The molecule has 180 valence electrons. The van der Waals surface area contributed by atoms with E-state index in [1.165, 1.54) is 116 Å². The lowest BCUT2D eigenvalue weighted by molar-refractivity contribution is 0.549. The van der Waals surface area contributed by atoms with Crippen molar-refractivity contribution in [1.29, 1.82) is 0 Å². The van der Waals surface area contributed by atoms with Crippen molar-refractivity contribution in [1.82, 2.24) is 4.98 Å². The molecule has 1 aliphatic rings. The van der Waals surface area contributed by atoms with E-state index < -0.39 is 0 Å². The van der Waals surface area contributed by atoms with Crippen LogP contribution in [0.15, 0.2) is 72.8 Å². The maximum Gasteiger partial charge on any atom is 0.0722 e. The molecule has 1 aliphatic carbocycles. The molecule has 0 aliphatic heterocycles. The van der Waals surface area contributed by atoms with Crippen LogP contribution in [0.4, 0.5) is 0 Å². The quantitative estimate of drug-likeness (QED) is 0.159. The molecule has 0 radical (unpaired) electrons. The van der Waals surface area contributed by atoms with Crippen molar-refractivity contribution in [3.63, 3.8) is 0 Å². The molecule has 0 amide bonds. The van der Waals surface area contributed by atoms with Gasteiger partial charge in [0.25, 0.3) is 0 Å². The largest absolute Gasteiger partial charge is 0.248 e. The van der Waals surface area contributed by atoms with Crippen molar-refractivity contribution in [2.24, 2.45) is 0 Å². The lowest BCUT2D eigenvalue weighted by Crippen LogP contribution is -1.90. The topological polar surface area (TPSA) is 12.9 Å². The van der Waals surface area contributed by atoms with Crippen molar-refractivity contribution < 1.29 is 0 Å². The monoisotopic (exact) mass is 461 g/mol. The van der Waals surface area contributed by atoms with Crippen LogP contribution in [0, 0.1) is 0 Å². The zero-order valence-electron chi connectivity index (χ0n) is 21.4. The molecule has 1 aromatic heterocycles. The summed E-state index contributed by atoms with van der Waals surface area (Å²) in [5.74, 6) is 0. The Bertz CT molecular complexity index is 1250. The second-order valence-electron chi connectivity index (χ2n) is 10.3. The molecule has 0 saturated heterocycles. The molecule has 0 unspecified atom stereocenters. The van der Waals surface area contributed by atoms with Gasteiger partial charge in [-0.2, -0.15) is 0 Å². The molecule has 3 aromatic carbocycles. The molecule has 1 heteroatoms. The Hall–Kier alpha value is -2.93. The first kappa shape index (κ1) is 23.8. The van der Waals surface area contributed by atoms with Gasteiger partial charge in [0.15, 0.2) is 0 Å². The molecule has 0 spiro atoms. The van der Waals surface area contributed by atoms with E-state index in [0.29, 0.717) is 0 Å². The van der Waals surface area contributed by atoms with Crippen molar-refractivity contribution in [3.8, 4) is 33.5 Å². The highest BCUT2D eigenvalue weighted by atomic mass is 14.7. The third-order valence-corrected chi connectivity index (χ3v) is 7.66. The lowest BCUT2D eigenvalue weighted by Gasteiger charge is -2.08. The summed E-state index contributed by atoms with van der Waals surface area (Å²) in [6.07, 6.45) is 16.6. The number of aryl methyl sites for hydroxylation is 1. The molecule has 0 N–H and O–H groups in total. The third-order valence-electron chi connectivity index (χ3n) is 7.66. The van der Waals surface area contributed by atoms with Crippen LogP contribution in [0.5, 0.6) is 0 Å². The van der Waals surface area contributed by atoms with E-state index in [1.807, 2.05) is 0 Å². The Morgan fingerprint density at radius 2 is 1.14 bits per heavy atom. The average Bonchev–Trinajstić information content (AvgIpc) is 3.23. The van der Waals surface area contributed by atoms with E-state index in [4.69, 9.17) is 4.98 Å². The normalized spacial score (nSPS) is 11.8. The summed E-state index contributed by atoms with van der Waals surface area (Å²) in [6.45, 7) is 2.29. The SMILES string of the molecule is CCCCCCCCCCCCCc1ccc(-c2cc3c4c(cccc4n2)-c2ccccc2-3)cc1. The summed E-state index contributed by atoms with van der Waals surface area (Å²) in [5, 5.41) is 1.30. The number of rotatable bonds is 13. The minimum absolute atomic E-state index is 1.07. The highest BCUT2D eigenvalue weighted by Crippen LogP contribution is 2.47. The second-order valence-corrected chi connectivity index (χ2v) is 10.3. The zero-order chi connectivity index (χ0) is 23.9. The van der Waals surface area contributed by atoms with Gasteiger partial charge in [-0.1, -0.05) is 132 Å². The Labute approximate surface area is 211 Å². The fraction of sp³-hybridized carbons (Fsp3) is 0.382. The van der Waals surface area contributed by atoms with Crippen molar-refractivity contribution >= 4 is 10.9 Å². The summed E-state index contributed by atoms with van der Waals surface area (Å²) in [5.41, 5.74) is 10.1. The summed E-state index contributed by atoms with van der Waals surface area (Å²) in [4.78, 5) is 5.05. The molecule has 1 nitrogen and oxygen atoms in total. The molecule has 0 atom stereocenters. The van der Waals surface area contributed by atoms with Gasteiger partial charge in [0.05, 0.1) is 11.2 Å². The van der Waals surface area contributed by atoms with Crippen LogP contribution in [0.1, 0.15) is 83.1 Å². The standard InChI is InChI=1S/C34H39N/c1-2-3-4-5-6-7-8-9-10-11-12-16-26-21-23-27(24-22-26)33-25-31-29-18-14-13-17-28(29)30-19-15-20-32(35-33)34(30)31/h13-15,17-25H,2-12,16H2,1H3. The summed E-state index contributed by atoms with van der Waals surface area (Å²) >= 11 is 0. The highest BCUT2D eigenvalue weighted by Gasteiger charge is 2.22. The number of hydrogen-bond donors (Lipinski definition) is 0. The summed E-state index contributed by atoms with van der Waals surface area (Å²) in [7, 11) is 0. The van der Waals surface area contributed by atoms with Crippen LogP contribution in [-0.4, -0.2) is 4.98 Å². The minimum atomic E-state index is 1.07. The Morgan fingerprint density at radius 1 is 0.543 bits per heavy atom.